The Hall–Kier alpha value is -1.02. The maximum atomic E-state index is 12.0. The van der Waals surface area contributed by atoms with Crippen LogP contribution in [0.5, 0.6) is 0 Å². The van der Waals surface area contributed by atoms with Gasteiger partial charge in [-0.2, -0.15) is 0 Å². The first kappa shape index (κ1) is 15.4. The molecular weight excluding hydrogens is 270 g/mol. The molecule has 1 aliphatic rings. The van der Waals surface area contributed by atoms with Gasteiger partial charge in [-0.05, 0) is 49.3 Å². The molecule has 2 nitrogen and oxygen atoms in total. The van der Waals surface area contributed by atoms with Gasteiger partial charge in [-0.25, -0.2) is 0 Å². The second-order valence-corrected chi connectivity index (χ2v) is 6.43. The highest BCUT2D eigenvalue weighted by Gasteiger charge is 2.22. The Morgan fingerprint density at radius 1 is 1.35 bits per heavy atom. The molecule has 1 aromatic rings. The minimum Gasteiger partial charge on any atom is -0.353 e. The third-order valence-corrected chi connectivity index (χ3v) is 4.74. The minimum absolute atomic E-state index is 0.167. The number of carbonyl (C=O) groups excluding carboxylic acids is 1. The molecule has 0 unspecified atom stereocenters. The second kappa shape index (κ2) is 7.12. The van der Waals surface area contributed by atoms with Crippen LogP contribution in [0.2, 0.25) is 5.02 Å². The molecule has 110 valence electrons. The van der Waals surface area contributed by atoms with E-state index in [9.17, 15) is 4.79 Å². The van der Waals surface area contributed by atoms with Gasteiger partial charge in [-0.15, -0.1) is 0 Å². The van der Waals surface area contributed by atoms with Crippen LogP contribution in [0, 0.1) is 12.8 Å². The molecule has 0 spiro atoms. The fraction of sp³-hybridized carbons (Fsp3) is 0.588. The predicted molar refractivity (Wildman–Crippen MR) is 84.1 cm³/mol. The van der Waals surface area contributed by atoms with E-state index in [1.54, 1.807) is 0 Å². The van der Waals surface area contributed by atoms with Crippen molar-refractivity contribution in [2.45, 2.75) is 58.4 Å². The average molecular weight is 294 g/mol. The number of amides is 1. The summed E-state index contributed by atoms with van der Waals surface area (Å²) in [6.45, 7) is 4.23. The molecular formula is C17H24ClNO. The van der Waals surface area contributed by atoms with Crippen molar-refractivity contribution in [1.29, 1.82) is 0 Å². The first-order chi connectivity index (χ1) is 9.56. The summed E-state index contributed by atoms with van der Waals surface area (Å²) in [5, 5.41) is 3.97. The molecule has 2 rings (SSSR count). The van der Waals surface area contributed by atoms with Crippen LogP contribution in [-0.4, -0.2) is 11.9 Å². The molecule has 0 aliphatic heterocycles. The summed E-state index contributed by atoms with van der Waals surface area (Å²) in [4.78, 5) is 12.0. The third kappa shape index (κ3) is 4.24. The van der Waals surface area contributed by atoms with Gasteiger partial charge in [-0.1, -0.05) is 43.5 Å². The molecule has 0 heterocycles. The summed E-state index contributed by atoms with van der Waals surface area (Å²) in [6, 6.07) is 6.40. The maximum Gasteiger partial charge on any atom is 0.220 e. The average Bonchev–Trinajstić information content (AvgIpc) is 2.43. The van der Waals surface area contributed by atoms with Crippen LogP contribution in [0.15, 0.2) is 18.2 Å². The van der Waals surface area contributed by atoms with Crippen molar-refractivity contribution < 1.29 is 4.79 Å². The van der Waals surface area contributed by atoms with Gasteiger partial charge in [0.05, 0.1) is 0 Å². The van der Waals surface area contributed by atoms with Crippen LogP contribution >= 0.6 is 11.6 Å². The van der Waals surface area contributed by atoms with Gasteiger partial charge in [0.15, 0.2) is 0 Å². The highest BCUT2D eigenvalue weighted by atomic mass is 35.5. The Morgan fingerprint density at radius 3 is 2.80 bits per heavy atom. The molecule has 1 aromatic carbocycles. The first-order valence-electron chi connectivity index (χ1n) is 7.60. The number of benzene rings is 1. The molecule has 0 aromatic heterocycles. The van der Waals surface area contributed by atoms with E-state index < -0.39 is 0 Å². The Balaban J connectivity index is 1.81. The molecule has 1 amide bonds. The molecule has 1 fully saturated rings. The second-order valence-electron chi connectivity index (χ2n) is 6.02. The molecule has 3 heteroatoms. The molecule has 20 heavy (non-hydrogen) atoms. The monoisotopic (exact) mass is 293 g/mol. The summed E-state index contributed by atoms with van der Waals surface area (Å²) < 4.78 is 0. The fourth-order valence-corrected chi connectivity index (χ4v) is 3.06. The van der Waals surface area contributed by atoms with E-state index in [2.05, 4.69) is 18.3 Å². The topological polar surface area (TPSA) is 29.1 Å². The first-order valence-corrected chi connectivity index (χ1v) is 7.98. The number of nitrogens with one attached hydrogen (secondary N) is 1. The van der Waals surface area contributed by atoms with E-state index in [-0.39, 0.29) is 5.91 Å². The highest BCUT2D eigenvalue weighted by Crippen LogP contribution is 2.24. The van der Waals surface area contributed by atoms with Crippen molar-refractivity contribution in [2.24, 2.45) is 5.92 Å². The lowest BCUT2D eigenvalue weighted by Gasteiger charge is -2.29. The lowest BCUT2D eigenvalue weighted by atomic mass is 9.86. The van der Waals surface area contributed by atoms with Gasteiger partial charge in [0, 0.05) is 17.5 Å². The van der Waals surface area contributed by atoms with Crippen LogP contribution in [0.25, 0.3) is 0 Å². The molecule has 0 saturated heterocycles. The summed E-state index contributed by atoms with van der Waals surface area (Å²) in [6.07, 6.45) is 6.20. The molecule has 1 aliphatic carbocycles. The van der Waals surface area contributed by atoms with Gasteiger partial charge in [0.2, 0.25) is 5.91 Å². The Bertz CT molecular complexity index is 472. The Morgan fingerprint density at radius 2 is 2.10 bits per heavy atom. The number of hydrogen-bond donors (Lipinski definition) is 1. The zero-order valence-corrected chi connectivity index (χ0v) is 13.2. The van der Waals surface area contributed by atoms with Crippen LogP contribution in [0.4, 0.5) is 0 Å². The van der Waals surface area contributed by atoms with E-state index in [4.69, 9.17) is 11.6 Å². The summed E-state index contributed by atoms with van der Waals surface area (Å²) >= 11 is 6.10. The maximum absolute atomic E-state index is 12.0. The Labute approximate surface area is 126 Å². The summed E-state index contributed by atoms with van der Waals surface area (Å²) in [5.74, 6) is 0.780. The normalized spacial score (nSPS) is 22.6. The zero-order valence-electron chi connectivity index (χ0n) is 12.4. The lowest BCUT2D eigenvalue weighted by Crippen LogP contribution is -2.41. The highest BCUT2D eigenvalue weighted by molar-refractivity contribution is 6.31. The quantitative estimate of drug-likeness (QED) is 0.882. The number of halogens is 1. The zero-order chi connectivity index (χ0) is 14.5. The molecule has 1 saturated carbocycles. The smallest absolute Gasteiger partial charge is 0.220 e. The van der Waals surface area contributed by atoms with Crippen molar-refractivity contribution in [1.82, 2.24) is 5.32 Å². The summed E-state index contributed by atoms with van der Waals surface area (Å²) in [7, 11) is 0. The fourth-order valence-electron chi connectivity index (χ4n) is 2.86. The van der Waals surface area contributed by atoms with Gasteiger partial charge in [-0.3, -0.25) is 4.79 Å². The van der Waals surface area contributed by atoms with Crippen molar-refractivity contribution >= 4 is 17.5 Å². The van der Waals surface area contributed by atoms with Crippen LogP contribution in [-0.2, 0) is 11.2 Å². The van der Waals surface area contributed by atoms with Crippen molar-refractivity contribution in [3.8, 4) is 0 Å². The lowest BCUT2D eigenvalue weighted by molar-refractivity contribution is -0.122. The summed E-state index contributed by atoms with van der Waals surface area (Å²) in [5.41, 5.74) is 2.21. The van der Waals surface area contributed by atoms with Gasteiger partial charge < -0.3 is 5.32 Å². The predicted octanol–water partition coefficient (Wildman–Crippen LogP) is 4.28. The van der Waals surface area contributed by atoms with Gasteiger partial charge in [0.1, 0.15) is 0 Å². The van der Waals surface area contributed by atoms with Crippen LogP contribution < -0.4 is 5.32 Å². The standard InChI is InChI=1S/C17H24ClNO/c1-12-7-8-14(11-15(12)18)9-10-17(20)19-16-6-4-3-5-13(16)2/h7-8,11,13,16H,3-6,9-10H2,1-2H3,(H,19,20)/t13-,16+/m0/s1. The van der Waals surface area contributed by atoms with E-state index >= 15 is 0 Å². The van der Waals surface area contributed by atoms with E-state index in [0.29, 0.717) is 18.4 Å². The minimum atomic E-state index is 0.167. The van der Waals surface area contributed by atoms with Crippen LogP contribution in [0.3, 0.4) is 0 Å². The molecule has 0 radical (unpaired) electrons. The van der Waals surface area contributed by atoms with Crippen molar-refractivity contribution in [3.63, 3.8) is 0 Å². The van der Waals surface area contributed by atoms with Gasteiger partial charge >= 0.3 is 0 Å². The largest absolute Gasteiger partial charge is 0.353 e. The van der Waals surface area contributed by atoms with Crippen molar-refractivity contribution in [2.75, 3.05) is 0 Å². The Kier molecular flexibility index (Phi) is 5.47. The number of hydrogen-bond acceptors (Lipinski definition) is 1. The SMILES string of the molecule is Cc1ccc(CCC(=O)N[C@@H]2CCCC[C@@H]2C)cc1Cl. The third-order valence-electron chi connectivity index (χ3n) is 4.33. The van der Waals surface area contributed by atoms with Crippen molar-refractivity contribution in [3.05, 3.63) is 34.3 Å². The van der Waals surface area contributed by atoms with E-state index in [1.165, 1.54) is 19.3 Å². The van der Waals surface area contributed by atoms with Gasteiger partial charge in [0.25, 0.3) is 0 Å². The van der Waals surface area contributed by atoms with Crippen LogP contribution in [0.1, 0.15) is 50.2 Å². The number of carbonyl (C=O) groups is 1. The molecule has 2 atom stereocenters. The van der Waals surface area contributed by atoms with E-state index in [0.717, 1.165) is 29.0 Å². The molecule has 1 N–H and O–H groups in total. The number of rotatable bonds is 4. The number of aryl methyl sites for hydroxylation is 2. The molecule has 0 bridgehead atoms. The van der Waals surface area contributed by atoms with E-state index in [1.807, 2.05) is 19.1 Å².